The molecule has 0 bridgehead atoms. The average molecular weight is 330 g/mol. The first-order chi connectivity index (χ1) is 11.6. The molecule has 24 heavy (non-hydrogen) atoms. The Morgan fingerprint density at radius 3 is 2.79 bits per heavy atom. The SMILES string of the molecule is CC[C@@H](C(=O)O[C@H]1/C=C/C[C@@H](C)OC(=O)CCC1)c1ccccc1. The van der Waals surface area contributed by atoms with E-state index in [2.05, 4.69) is 0 Å². The number of benzene rings is 1. The van der Waals surface area contributed by atoms with Gasteiger partial charge in [0.25, 0.3) is 0 Å². The zero-order valence-corrected chi connectivity index (χ0v) is 14.4. The second kappa shape index (κ2) is 9.26. The van der Waals surface area contributed by atoms with Gasteiger partial charge >= 0.3 is 11.9 Å². The third-order valence-corrected chi connectivity index (χ3v) is 4.18. The van der Waals surface area contributed by atoms with E-state index in [4.69, 9.17) is 9.47 Å². The third-order valence-electron chi connectivity index (χ3n) is 4.18. The van der Waals surface area contributed by atoms with Crippen LogP contribution in [0, 0.1) is 0 Å². The highest BCUT2D eigenvalue weighted by molar-refractivity contribution is 5.78. The number of hydrogen-bond acceptors (Lipinski definition) is 4. The lowest BCUT2D eigenvalue weighted by atomic mass is 9.96. The first-order valence-electron chi connectivity index (χ1n) is 8.71. The first kappa shape index (κ1) is 18.2. The van der Waals surface area contributed by atoms with E-state index in [0.29, 0.717) is 32.1 Å². The summed E-state index contributed by atoms with van der Waals surface area (Å²) in [6.45, 7) is 3.85. The summed E-state index contributed by atoms with van der Waals surface area (Å²) in [5.74, 6) is -0.636. The lowest BCUT2D eigenvalue weighted by Crippen LogP contribution is -2.23. The quantitative estimate of drug-likeness (QED) is 0.614. The van der Waals surface area contributed by atoms with Gasteiger partial charge in [-0.1, -0.05) is 43.3 Å². The molecule has 0 amide bonds. The number of cyclic esters (lactones) is 1. The maximum Gasteiger partial charge on any atom is 0.313 e. The minimum atomic E-state index is -0.284. The van der Waals surface area contributed by atoms with Crippen molar-refractivity contribution in [1.29, 1.82) is 0 Å². The largest absolute Gasteiger partial charge is 0.462 e. The van der Waals surface area contributed by atoms with Gasteiger partial charge in [0.2, 0.25) is 0 Å². The first-order valence-corrected chi connectivity index (χ1v) is 8.71. The summed E-state index contributed by atoms with van der Waals surface area (Å²) < 4.78 is 11.0. The Morgan fingerprint density at radius 2 is 2.08 bits per heavy atom. The highest BCUT2D eigenvalue weighted by Gasteiger charge is 2.23. The van der Waals surface area contributed by atoms with E-state index in [1.165, 1.54) is 0 Å². The molecule has 4 heteroatoms. The van der Waals surface area contributed by atoms with E-state index in [-0.39, 0.29) is 30.1 Å². The zero-order valence-electron chi connectivity index (χ0n) is 14.4. The molecule has 0 saturated heterocycles. The summed E-state index contributed by atoms with van der Waals surface area (Å²) in [6.07, 6.45) is 6.41. The van der Waals surface area contributed by atoms with Crippen LogP contribution in [0.25, 0.3) is 0 Å². The molecular weight excluding hydrogens is 304 g/mol. The molecule has 1 aliphatic heterocycles. The Hall–Kier alpha value is -2.10. The van der Waals surface area contributed by atoms with Gasteiger partial charge in [0.1, 0.15) is 12.2 Å². The van der Waals surface area contributed by atoms with Gasteiger partial charge in [-0.25, -0.2) is 0 Å². The van der Waals surface area contributed by atoms with Crippen LogP contribution in [-0.4, -0.2) is 24.1 Å². The maximum absolute atomic E-state index is 12.6. The molecule has 0 unspecified atom stereocenters. The minimum Gasteiger partial charge on any atom is -0.462 e. The van der Waals surface area contributed by atoms with Crippen LogP contribution in [-0.2, 0) is 19.1 Å². The molecular formula is C20H26O4. The molecule has 1 aromatic rings. The standard InChI is InChI=1S/C20H26O4/c1-3-18(16-10-5-4-6-11-16)20(22)24-17-12-7-9-15(2)23-19(21)14-8-13-17/h4-7,10-12,15,17-18H,3,8-9,13-14H2,1-2H3/b12-7+/t15-,17+,18-/m1/s1. The summed E-state index contributed by atoms with van der Waals surface area (Å²) in [7, 11) is 0. The van der Waals surface area contributed by atoms with E-state index < -0.39 is 0 Å². The Kier molecular flexibility index (Phi) is 7.04. The zero-order chi connectivity index (χ0) is 17.4. The van der Waals surface area contributed by atoms with Gasteiger partial charge in [-0.05, 0) is 37.8 Å². The fourth-order valence-electron chi connectivity index (χ4n) is 2.85. The van der Waals surface area contributed by atoms with Crippen molar-refractivity contribution in [2.24, 2.45) is 0 Å². The molecule has 3 atom stereocenters. The van der Waals surface area contributed by atoms with E-state index in [1.54, 1.807) is 0 Å². The molecule has 0 saturated carbocycles. The van der Waals surface area contributed by atoms with Gasteiger partial charge in [0, 0.05) is 12.8 Å². The van der Waals surface area contributed by atoms with Crippen LogP contribution in [0.2, 0.25) is 0 Å². The van der Waals surface area contributed by atoms with E-state index in [1.807, 2.05) is 56.3 Å². The third kappa shape index (κ3) is 5.52. The maximum atomic E-state index is 12.6. The van der Waals surface area contributed by atoms with Crippen LogP contribution in [0.3, 0.4) is 0 Å². The Morgan fingerprint density at radius 1 is 1.33 bits per heavy atom. The normalized spacial score (nSPS) is 24.5. The van der Waals surface area contributed by atoms with E-state index in [9.17, 15) is 9.59 Å². The van der Waals surface area contributed by atoms with Gasteiger partial charge in [0.15, 0.2) is 0 Å². The summed E-state index contributed by atoms with van der Waals surface area (Å²) in [6, 6.07) is 9.71. The van der Waals surface area contributed by atoms with Crippen molar-refractivity contribution in [3.63, 3.8) is 0 Å². The summed E-state index contributed by atoms with van der Waals surface area (Å²) in [5, 5.41) is 0. The number of hydrogen-bond donors (Lipinski definition) is 0. The number of rotatable bonds is 4. The molecule has 0 spiro atoms. The van der Waals surface area contributed by atoms with Gasteiger partial charge in [0.05, 0.1) is 5.92 Å². The molecule has 0 aromatic heterocycles. The molecule has 0 aliphatic carbocycles. The molecule has 2 rings (SSSR count). The predicted molar refractivity (Wildman–Crippen MR) is 92.5 cm³/mol. The Labute approximate surface area is 143 Å². The van der Waals surface area contributed by atoms with Crippen LogP contribution in [0.4, 0.5) is 0 Å². The predicted octanol–water partition coefficient (Wildman–Crippen LogP) is 4.15. The number of carbonyl (C=O) groups is 2. The Balaban J connectivity index is 2.02. The van der Waals surface area contributed by atoms with Gasteiger partial charge < -0.3 is 9.47 Å². The summed E-state index contributed by atoms with van der Waals surface area (Å²) in [5.41, 5.74) is 0.978. The monoisotopic (exact) mass is 330 g/mol. The lowest BCUT2D eigenvalue weighted by Gasteiger charge is -2.21. The van der Waals surface area contributed by atoms with Crippen molar-refractivity contribution in [1.82, 2.24) is 0 Å². The van der Waals surface area contributed by atoms with Crippen molar-refractivity contribution in [3.8, 4) is 0 Å². The second-order valence-corrected chi connectivity index (χ2v) is 6.20. The van der Waals surface area contributed by atoms with Crippen molar-refractivity contribution in [2.75, 3.05) is 0 Å². The molecule has 130 valence electrons. The smallest absolute Gasteiger partial charge is 0.313 e. The molecule has 1 heterocycles. The molecule has 1 aliphatic rings. The molecule has 4 nitrogen and oxygen atoms in total. The summed E-state index contributed by atoms with van der Waals surface area (Å²) >= 11 is 0. The van der Waals surface area contributed by atoms with Gasteiger partial charge in [-0.15, -0.1) is 0 Å². The summed E-state index contributed by atoms with van der Waals surface area (Å²) in [4.78, 5) is 24.2. The van der Waals surface area contributed by atoms with E-state index in [0.717, 1.165) is 5.56 Å². The lowest BCUT2D eigenvalue weighted by molar-refractivity contribution is -0.149. The van der Waals surface area contributed by atoms with Crippen LogP contribution >= 0.6 is 0 Å². The number of ether oxygens (including phenoxy) is 2. The van der Waals surface area contributed by atoms with Crippen molar-refractivity contribution in [3.05, 3.63) is 48.0 Å². The highest BCUT2D eigenvalue weighted by atomic mass is 16.5. The minimum absolute atomic E-state index is 0.143. The van der Waals surface area contributed by atoms with Crippen LogP contribution in [0.15, 0.2) is 42.5 Å². The van der Waals surface area contributed by atoms with Gasteiger partial charge in [-0.3, -0.25) is 9.59 Å². The van der Waals surface area contributed by atoms with Crippen LogP contribution in [0.5, 0.6) is 0 Å². The van der Waals surface area contributed by atoms with Crippen LogP contribution < -0.4 is 0 Å². The van der Waals surface area contributed by atoms with Crippen molar-refractivity contribution < 1.29 is 19.1 Å². The molecule has 0 radical (unpaired) electrons. The molecule has 1 aromatic carbocycles. The van der Waals surface area contributed by atoms with Gasteiger partial charge in [-0.2, -0.15) is 0 Å². The number of carbonyl (C=O) groups excluding carboxylic acids is 2. The average Bonchev–Trinajstić information content (AvgIpc) is 2.56. The van der Waals surface area contributed by atoms with Crippen molar-refractivity contribution >= 4 is 11.9 Å². The second-order valence-electron chi connectivity index (χ2n) is 6.20. The van der Waals surface area contributed by atoms with E-state index >= 15 is 0 Å². The molecule has 0 fully saturated rings. The van der Waals surface area contributed by atoms with Crippen molar-refractivity contribution in [2.45, 2.75) is 64.1 Å². The fourth-order valence-corrected chi connectivity index (χ4v) is 2.85. The highest BCUT2D eigenvalue weighted by Crippen LogP contribution is 2.23. The molecule has 0 N–H and O–H groups in total. The topological polar surface area (TPSA) is 52.6 Å². The Bertz CT molecular complexity index is 564. The van der Waals surface area contributed by atoms with Crippen LogP contribution in [0.1, 0.15) is 57.4 Å². The fraction of sp³-hybridized carbons (Fsp3) is 0.500. The number of esters is 2.